The van der Waals surface area contributed by atoms with Crippen LogP contribution in [0.15, 0.2) is 15.6 Å². The smallest absolute Gasteiger partial charge is 0.359 e. The number of halogens is 4. The molecule has 1 N–H and O–H groups in total. The quantitative estimate of drug-likeness (QED) is 0.325. The standard InChI is InChI=1S/C19H32F3N5O.HI/c1-5-15(6-2)17-12-16(28-25-17)13-24-18(23-7-3)27-10-8-26(9-11-27)14(4)19(20,21)22;/h12,14-15H,5-11,13H2,1-4H3,(H,23,24);1H. The summed E-state index contributed by atoms with van der Waals surface area (Å²) in [5.74, 6) is 1.78. The first kappa shape index (κ1) is 26.0. The lowest BCUT2D eigenvalue weighted by molar-refractivity contribution is -0.181. The number of piperazine rings is 1. The van der Waals surface area contributed by atoms with Crippen molar-refractivity contribution < 1.29 is 17.7 Å². The molecule has 1 saturated heterocycles. The second kappa shape index (κ2) is 12.0. The van der Waals surface area contributed by atoms with Gasteiger partial charge in [-0.15, -0.1) is 24.0 Å². The van der Waals surface area contributed by atoms with E-state index in [1.807, 2.05) is 17.9 Å². The molecule has 1 aliphatic rings. The second-order valence-electron chi connectivity index (χ2n) is 7.14. The first-order chi connectivity index (χ1) is 13.3. The van der Waals surface area contributed by atoms with Crippen LogP contribution in [0.4, 0.5) is 13.2 Å². The first-order valence-electron chi connectivity index (χ1n) is 10.1. The van der Waals surface area contributed by atoms with Crippen molar-refractivity contribution in [3.8, 4) is 0 Å². The van der Waals surface area contributed by atoms with Crippen LogP contribution >= 0.6 is 24.0 Å². The molecule has 1 aromatic rings. The average Bonchev–Trinajstić information content (AvgIpc) is 3.14. The molecule has 0 aromatic carbocycles. The average molecular weight is 531 g/mol. The fourth-order valence-electron chi connectivity index (χ4n) is 3.41. The van der Waals surface area contributed by atoms with Gasteiger partial charge in [-0.25, -0.2) is 4.99 Å². The van der Waals surface area contributed by atoms with Crippen molar-refractivity contribution in [1.29, 1.82) is 0 Å². The normalized spacial score (nSPS) is 17.4. The number of guanidine groups is 1. The lowest BCUT2D eigenvalue weighted by Crippen LogP contribution is -2.56. The summed E-state index contributed by atoms with van der Waals surface area (Å²) in [5, 5.41) is 7.38. The van der Waals surface area contributed by atoms with Gasteiger partial charge in [0.15, 0.2) is 11.7 Å². The van der Waals surface area contributed by atoms with Crippen LogP contribution in [0.2, 0.25) is 0 Å². The zero-order valence-corrected chi connectivity index (χ0v) is 20.0. The Hall–Kier alpha value is -1.04. The van der Waals surface area contributed by atoms with Crippen molar-refractivity contribution in [3.63, 3.8) is 0 Å². The van der Waals surface area contributed by atoms with Gasteiger partial charge in [-0.3, -0.25) is 4.90 Å². The summed E-state index contributed by atoms with van der Waals surface area (Å²) >= 11 is 0. The first-order valence-corrected chi connectivity index (χ1v) is 10.1. The molecule has 1 aliphatic heterocycles. The highest BCUT2D eigenvalue weighted by molar-refractivity contribution is 14.0. The fourth-order valence-corrected chi connectivity index (χ4v) is 3.41. The van der Waals surface area contributed by atoms with Crippen LogP contribution in [-0.4, -0.2) is 65.9 Å². The molecule has 1 atom stereocenters. The minimum absolute atomic E-state index is 0. The van der Waals surface area contributed by atoms with E-state index in [0.717, 1.165) is 18.5 Å². The second-order valence-corrected chi connectivity index (χ2v) is 7.14. The van der Waals surface area contributed by atoms with E-state index in [0.29, 0.717) is 56.9 Å². The zero-order valence-electron chi connectivity index (χ0n) is 17.6. The van der Waals surface area contributed by atoms with Crippen LogP contribution in [-0.2, 0) is 6.54 Å². The van der Waals surface area contributed by atoms with Crippen LogP contribution in [0, 0.1) is 0 Å². The number of nitrogens with one attached hydrogen (secondary N) is 1. The predicted octanol–water partition coefficient (Wildman–Crippen LogP) is 4.23. The van der Waals surface area contributed by atoms with E-state index in [2.05, 4.69) is 29.3 Å². The van der Waals surface area contributed by atoms with E-state index in [9.17, 15) is 13.2 Å². The summed E-state index contributed by atoms with van der Waals surface area (Å²) in [5.41, 5.74) is 0.954. The van der Waals surface area contributed by atoms with Gasteiger partial charge in [-0.1, -0.05) is 19.0 Å². The summed E-state index contributed by atoms with van der Waals surface area (Å²) in [6.07, 6.45) is -2.18. The molecule has 0 bridgehead atoms. The summed E-state index contributed by atoms with van der Waals surface area (Å²) in [4.78, 5) is 8.08. The lowest BCUT2D eigenvalue weighted by Gasteiger charge is -2.39. The van der Waals surface area contributed by atoms with E-state index in [4.69, 9.17) is 4.52 Å². The molecular weight excluding hydrogens is 498 g/mol. The molecular formula is C19H33F3IN5O. The molecule has 2 heterocycles. The van der Waals surface area contributed by atoms with E-state index in [-0.39, 0.29) is 24.0 Å². The lowest BCUT2D eigenvalue weighted by atomic mass is 9.99. The number of alkyl halides is 3. The molecule has 1 fully saturated rings. The topological polar surface area (TPSA) is 56.9 Å². The number of nitrogens with zero attached hydrogens (tertiary/aromatic N) is 4. The van der Waals surface area contributed by atoms with E-state index < -0.39 is 12.2 Å². The number of aromatic nitrogens is 1. The molecule has 0 aliphatic carbocycles. The highest BCUT2D eigenvalue weighted by Gasteiger charge is 2.41. The summed E-state index contributed by atoms with van der Waals surface area (Å²) in [6, 6.07) is 0.528. The van der Waals surface area contributed by atoms with Gasteiger partial charge in [-0.05, 0) is 26.7 Å². The van der Waals surface area contributed by atoms with Crippen LogP contribution in [0.5, 0.6) is 0 Å². The van der Waals surface area contributed by atoms with Gasteiger partial charge in [0.05, 0.1) is 5.69 Å². The maximum absolute atomic E-state index is 12.9. The number of rotatable bonds is 7. The molecule has 6 nitrogen and oxygen atoms in total. The third kappa shape index (κ3) is 7.30. The van der Waals surface area contributed by atoms with Gasteiger partial charge in [0.25, 0.3) is 0 Å². The van der Waals surface area contributed by atoms with Crippen molar-refractivity contribution in [3.05, 3.63) is 17.5 Å². The maximum Gasteiger partial charge on any atom is 0.403 e. The Bertz CT molecular complexity index is 626. The fraction of sp³-hybridized carbons (Fsp3) is 0.789. The van der Waals surface area contributed by atoms with E-state index in [1.54, 1.807) is 0 Å². The van der Waals surface area contributed by atoms with Crippen molar-refractivity contribution in [2.45, 2.75) is 65.2 Å². The van der Waals surface area contributed by atoms with E-state index >= 15 is 0 Å². The number of aliphatic imine (C=N–C) groups is 1. The number of hydrogen-bond donors (Lipinski definition) is 1. The summed E-state index contributed by atoms with van der Waals surface area (Å²) in [6.45, 7) is 10.2. The Morgan fingerprint density at radius 2 is 1.83 bits per heavy atom. The van der Waals surface area contributed by atoms with Crippen LogP contribution in [0.1, 0.15) is 57.9 Å². The molecule has 0 spiro atoms. The molecule has 2 rings (SSSR count). The molecule has 168 valence electrons. The molecule has 10 heteroatoms. The Kier molecular flexibility index (Phi) is 10.7. The predicted molar refractivity (Wildman–Crippen MR) is 119 cm³/mol. The molecule has 1 unspecified atom stereocenters. The highest BCUT2D eigenvalue weighted by Crippen LogP contribution is 2.25. The van der Waals surface area contributed by atoms with Crippen molar-refractivity contribution >= 4 is 29.9 Å². The van der Waals surface area contributed by atoms with Gasteiger partial charge in [0.1, 0.15) is 12.6 Å². The minimum atomic E-state index is -4.19. The monoisotopic (exact) mass is 531 g/mol. The van der Waals surface area contributed by atoms with Gasteiger partial charge in [0, 0.05) is 44.7 Å². The third-order valence-electron chi connectivity index (χ3n) is 5.34. The van der Waals surface area contributed by atoms with Crippen LogP contribution in [0.3, 0.4) is 0 Å². The van der Waals surface area contributed by atoms with Crippen LogP contribution < -0.4 is 5.32 Å². The zero-order chi connectivity index (χ0) is 20.7. The summed E-state index contributed by atoms with van der Waals surface area (Å²) < 4.78 is 44.2. The van der Waals surface area contributed by atoms with Gasteiger partial charge in [-0.2, -0.15) is 13.2 Å². The molecule has 0 saturated carbocycles. The number of hydrogen-bond acceptors (Lipinski definition) is 4. The Morgan fingerprint density at radius 1 is 1.21 bits per heavy atom. The van der Waals surface area contributed by atoms with Crippen molar-refractivity contribution in [2.24, 2.45) is 4.99 Å². The highest BCUT2D eigenvalue weighted by atomic mass is 127. The Labute approximate surface area is 188 Å². The maximum atomic E-state index is 12.9. The van der Waals surface area contributed by atoms with E-state index in [1.165, 1.54) is 11.8 Å². The Balaban J connectivity index is 0.00000420. The largest absolute Gasteiger partial charge is 0.403 e. The van der Waals surface area contributed by atoms with Crippen molar-refractivity contribution in [2.75, 3.05) is 32.7 Å². The van der Waals surface area contributed by atoms with Gasteiger partial charge >= 0.3 is 6.18 Å². The molecule has 1 aromatic heterocycles. The Morgan fingerprint density at radius 3 is 2.34 bits per heavy atom. The SMILES string of the molecule is CCNC(=NCc1cc(C(CC)CC)no1)N1CCN(C(C)C(F)(F)F)CC1.I. The molecule has 0 amide bonds. The van der Waals surface area contributed by atoms with Gasteiger partial charge in [0.2, 0.25) is 0 Å². The third-order valence-corrected chi connectivity index (χ3v) is 5.34. The minimum Gasteiger partial charge on any atom is -0.359 e. The molecule has 0 radical (unpaired) electrons. The molecule has 29 heavy (non-hydrogen) atoms. The van der Waals surface area contributed by atoms with Crippen LogP contribution in [0.25, 0.3) is 0 Å². The summed E-state index contributed by atoms with van der Waals surface area (Å²) in [7, 11) is 0. The van der Waals surface area contributed by atoms with Crippen molar-refractivity contribution in [1.82, 2.24) is 20.3 Å². The van der Waals surface area contributed by atoms with Gasteiger partial charge < -0.3 is 14.7 Å².